The number of fused-ring (bicyclic) bond motifs is 1. The number of nitrogens with one attached hydrogen (secondary N) is 1. The highest BCUT2D eigenvalue weighted by molar-refractivity contribution is 5.92. The summed E-state index contributed by atoms with van der Waals surface area (Å²) < 4.78 is 10.6. The van der Waals surface area contributed by atoms with Gasteiger partial charge in [-0.1, -0.05) is 5.16 Å². The molecule has 8 heteroatoms. The molecular formula is C15H20N4O4. The number of carbonyl (C=O) groups excluding carboxylic acids is 2. The lowest BCUT2D eigenvalue weighted by atomic mass is 9.89. The SMILES string of the molecule is O=C1C[C@@H]2CN(C(=O)c3cc(N4CCOCC4)no3)C[C@@H]2CN1. The molecule has 1 aromatic heterocycles. The minimum atomic E-state index is -0.140. The minimum Gasteiger partial charge on any atom is -0.378 e. The Kier molecular flexibility index (Phi) is 3.68. The van der Waals surface area contributed by atoms with E-state index in [1.807, 2.05) is 0 Å². The number of ether oxygens (including phenoxy) is 1. The van der Waals surface area contributed by atoms with Crippen molar-refractivity contribution in [3.63, 3.8) is 0 Å². The largest absolute Gasteiger partial charge is 0.378 e. The standard InChI is InChI=1S/C15H20N4O4/c20-14-5-10-8-19(9-11(10)7-16-14)15(21)12-6-13(17-23-12)18-1-3-22-4-2-18/h6,10-11H,1-5,7-9H2,(H,16,20)/t10-,11+/m1/s1. The number of hydrogen-bond donors (Lipinski definition) is 1. The first-order chi connectivity index (χ1) is 11.2. The predicted octanol–water partition coefficient (Wildman–Crippen LogP) is -0.281. The summed E-state index contributed by atoms with van der Waals surface area (Å²) >= 11 is 0. The van der Waals surface area contributed by atoms with Crippen molar-refractivity contribution in [3.05, 3.63) is 11.8 Å². The van der Waals surface area contributed by atoms with Crippen molar-refractivity contribution in [3.8, 4) is 0 Å². The van der Waals surface area contributed by atoms with Crippen LogP contribution in [0.1, 0.15) is 17.0 Å². The maximum atomic E-state index is 12.6. The van der Waals surface area contributed by atoms with Gasteiger partial charge in [0.05, 0.1) is 13.2 Å². The van der Waals surface area contributed by atoms with Gasteiger partial charge in [0.1, 0.15) is 0 Å². The van der Waals surface area contributed by atoms with Crippen LogP contribution >= 0.6 is 0 Å². The van der Waals surface area contributed by atoms with Gasteiger partial charge in [0.15, 0.2) is 5.82 Å². The molecule has 1 aromatic rings. The van der Waals surface area contributed by atoms with Crippen molar-refractivity contribution in [2.24, 2.45) is 11.8 Å². The molecule has 8 nitrogen and oxygen atoms in total. The van der Waals surface area contributed by atoms with E-state index in [4.69, 9.17) is 9.26 Å². The first-order valence-electron chi connectivity index (χ1n) is 8.06. The van der Waals surface area contributed by atoms with Gasteiger partial charge in [-0.25, -0.2) is 0 Å². The molecule has 3 aliphatic rings. The van der Waals surface area contributed by atoms with Gasteiger partial charge < -0.3 is 24.4 Å². The number of amides is 2. The first kappa shape index (κ1) is 14.5. The second-order valence-electron chi connectivity index (χ2n) is 6.39. The van der Waals surface area contributed by atoms with Gasteiger partial charge in [-0.3, -0.25) is 9.59 Å². The average Bonchev–Trinajstić information content (AvgIpc) is 3.21. The van der Waals surface area contributed by atoms with E-state index in [0.717, 1.165) is 13.1 Å². The van der Waals surface area contributed by atoms with Crippen LogP contribution in [0.2, 0.25) is 0 Å². The Morgan fingerprint density at radius 3 is 2.87 bits per heavy atom. The maximum absolute atomic E-state index is 12.6. The summed E-state index contributed by atoms with van der Waals surface area (Å²) in [7, 11) is 0. The molecule has 0 spiro atoms. The van der Waals surface area contributed by atoms with Gasteiger partial charge in [-0.05, 0) is 11.8 Å². The summed E-state index contributed by atoms with van der Waals surface area (Å²) in [6, 6.07) is 1.71. The van der Waals surface area contributed by atoms with Crippen molar-refractivity contribution in [1.29, 1.82) is 0 Å². The Morgan fingerprint density at radius 1 is 1.26 bits per heavy atom. The Bertz CT molecular complexity index is 610. The molecule has 0 aliphatic carbocycles. The fraction of sp³-hybridized carbons (Fsp3) is 0.667. The Morgan fingerprint density at radius 2 is 2.04 bits per heavy atom. The fourth-order valence-corrected chi connectivity index (χ4v) is 3.59. The van der Waals surface area contributed by atoms with Crippen LogP contribution in [0.5, 0.6) is 0 Å². The normalized spacial score (nSPS) is 27.7. The molecule has 4 rings (SSSR count). The van der Waals surface area contributed by atoms with Gasteiger partial charge in [-0.2, -0.15) is 0 Å². The molecule has 3 aliphatic heterocycles. The number of morpholine rings is 1. The quantitative estimate of drug-likeness (QED) is 0.806. The zero-order chi connectivity index (χ0) is 15.8. The molecule has 4 heterocycles. The molecule has 0 bridgehead atoms. The van der Waals surface area contributed by atoms with Crippen molar-refractivity contribution in [2.45, 2.75) is 6.42 Å². The van der Waals surface area contributed by atoms with Gasteiger partial charge in [0.2, 0.25) is 11.7 Å². The number of rotatable bonds is 2. The summed E-state index contributed by atoms with van der Waals surface area (Å²) in [6.45, 7) is 4.76. The Labute approximate surface area is 133 Å². The van der Waals surface area contributed by atoms with Crippen LogP contribution < -0.4 is 10.2 Å². The molecule has 3 fully saturated rings. The Hall–Kier alpha value is -2.09. The molecule has 2 amide bonds. The maximum Gasteiger partial charge on any atom is 0.292 e. The summed E-state index contributed by atoms with van der Waals surface area (Å²) in [5.41, 5.74) is 0. The lowest BCUT2D eigenvalue weighted by Crippen LogP contribution is -2.40. The van der Waals surface area contributed by atoms with Crippen molar-refractivity contribution in [2.75, 3.05) is 50.8 Å². The van der Waals surface area contributed by atoms with Gasteiger partial charge in [0.25, 0.3) is 5.91 Å². The zero-order valence-electron chi connectivity index (χ0n) is 12.9. The number of piperidine rings is 1. The van der Waals surface area contributed by atoms with E-state index in [1.165, 1.54) is 0 Å². The monoisotopic (exact) mass is 320 g/mol. The highest BCUT2D eigenvalue weighted by atomic mass is 16.5. The van der Waals surface area contributed by atoms with E-state index >= 15 is 0 Å². The van der Waals surface area contributed by atoms with Crippen molar-refractivity contribution < 1.29 is 18.8 Å². The Balaban J connectivity index is 1.43. The minimum absolute atomic E-state index is 0.0785. The van der Waals surface area contributed by atoms with E-state index in [2.05, 4.69) is 15.4 Å². The van der Waals surface area contributed by atoms with Crippen LogP contribution in [0.3, 0.4) is 0 Å². The second-order valence-corrected chi connectivity index (χ2v) is 6.39. The van der Waals surface area contributed by atoms with Crippen molar-refractivity contribution >= 4 is 17.6 Å². The van der Waals surface area contributed by atoms with Crippen molar-refractivity contribution in [1.82, 2.24) is 15.4 Å². The molecule has 124 valence electrons. The lowest BCUT2D eigenvalue weighted by molar-refractivity contribution is -0.124. The van der Waals surface area contributed by atoms with Crippen LogP contribution in [0, 0.1) is 11.8 Å². The van der Waals surface area contributed by atoms with E-state index in [-0.39, 0.29) is 23.5 Å². The summed E-state index contributed by atoms with van der Waals surface area (Å²) in [4.78, 5) is 27.9. The number of hydrogen-bond acceptors (Lipinski definition) is 6. The fourth-order valence-electron chi connectivity index (χ4n) is 3.59. The third-order valence-electron chi connectivity index (χ3n) is 4.92. The molecule has 3 saturated heterocycles. The van der Waals surface area contributed by atoms with Gasteiger partial charge in [0, 0.05) is 45.2 Å². The van der Waals surface area contributed by atoms with E-state index in [9.17, 15) is 9.59 Å². The molecule has 23 heavy (non-hydrogen) atoms. The van der Waals surface area contributed by atoms with Crippen LogP contribution in [0.15, 0.2) is 10.6 Å². The van der Waals surface area contributed by atoms with E-state index < -0.39 is 0 Å². The highest BCUT2D eigenvalue weighted by Crippen LogP contribution is 2.30. The van der Waals surface area contributed by atoms with Crippen LogP contribution in [0.25, 0.3) is 0 Å². The van der Waals surface area contributed by atoms with Gasteiger partial charge >= 0.3 is 0 Å². The summed E-state index contributed by atoms with van der Waals surface area (Å²) in [5, 5.41) is 6.89. The lowest BCUT2D eigenvalue weighted by Gasteiger charge is -2.25. The average molecular weight is 320 g/mol. The molecule has 2 atom stereocenters. The number of aromatic nitrogens is 1. The van der Waals surface area contributed by atoms with E-state index in [0.29, 0.717) is 51.0 Å². The third-order valence-corrected chi connectivity index (χ3v) is 4.92. The summed E-state index contributed by atoms with van der Waals surface area (Å²) in [6.07, 6.45) is 0.504. The highest BCUT2D eigenvalue weighted by Gasteiger charge is 2.40. The number of nitrogens with zero attached hydrogens (tertiary/aromatic N) is 3. The molecular weight excluding hydrogens is 300 g/mol. The molecule has 0 unspecified atom stereocenters. The van der Waals surface area contributed by atoms with Crippen LogP contribution in [-0.4, -0.2) is 67.8 Å². The molecule has 0 aromatic carbocycles. The van der Waals surface area contributed by atoms with Crippen LogP contribution in [-0.2, 0) is 9.53 Å². The smallest absolute Gasteiger partial charge is 0.292 e. The number of likely N-dealkylation sites (tertiary alicyclic amines) is 1. The molecule has 1 N–H and O–H groups in total. The van der Waals surface area contributed by atoms with Gasteiger partial charge in [-0.15, -0.1) is 0 Å². The molecule has 0 radical (unpaired) electrons. The zero-order valence-corrected chi connectivity index (χ0v) is 12.9. The number of carbonyl (C=O) groups is 2. The number of anilines is 1. The topological polar surface area (TPSA) is 87.9 Å². The first-order valence-corrected chi connectivity index (χ1v) is 8.06. The van der Waals surface area contributed by atoms with Crippen LogP contribution in [0.4, 0.5) is 5.82 Å². The predicted molar refractivity (Wildman–Crippen MR) is 80.0 cm³/mol. The third kappa shape index (κ3) is 2.78. The summed E-state index contributed by atoms with van der Waals surface area (Å²) in [5.74, 6) is 1.50. The molecule has 0 saturated carbocycles. The second kappa shape index (κ2) is 5.84. The van der Waals surface area contributed by atoms with E-state index in [1.54, 1.807) is 11.0 Å².